The Kier molecular flexibility index (Phi) is 6.66. The van der Waals surface area contributed by atoms with E-state index in [0.29, 0.717) is 23.1 Å². The van der Waals surface area contributed by atoms with Gasteiger partial charge in [0.25, 0.3) is 5.56 Å². The van der Waals surface area contributed by atoms with Crippen molar-refractivity contribution >= 4 is 34.0 Å². The van der Waals surface area contributed by atoms with Gasteiger partial charge in [-0.1, -0.05) is 48.5 Å². The van der Waals surface area contributed by atoms with Gasteiger partial charge >= 0.3 is 0 Å². The zero-order chi connectivity index (χ0) is 27.8. The number of thiophene rings is 1. The monoisotopic (exact) mass is 555 g/mol. The van der Waals surface area contributed by atoms with Crippen molar-refractivity contribution in [1.29, 1.82) is 0 Å². The quantitative estimate of drug-likeness (QED) is 0.226. The van der Waals surface area contributed by atoms with Crippen molar-refractivity contribution in [2.45, 2.75) is 19.3 Å². The van der Waals surface area contributed by atoms with E-state index in [-0.39, 0.29) is 5.56 Å². The number of fused-ring (bicyclic) bond motifs is 1. The zero-order valence-corrected chi connectivity index (χ0v) is 23.5. The second kappa shape index (κ2) is 10.8. The summed E-state index contributed by atoms with van der Waals surface area (Å²) in [6.07, 6.45) is 2.96. The van der Waals surface area contributed by atoms with Crippen LogP contribution < -0.4 is 16.2 Å². The average Bonchev–Trinajstić information content (AvgIpc) is 3.74. The van der Waals surface area contributed by atoms with Gasteiger partial charge < -0.3 is 10.6 Å². The summed E-state index contributed by atoms with van der Waals surface area (Å²) in [5.41, 5.74) is 8.34. The SMILES string of the molecule is Cc1cc(-c2ccsc2)ccc1-c1cc2cnc(Nc3ccc(C4CCNC4)cc3)nc2n(-c2ccccc2)c1=O. The molecular formula is C34H29N5OS. The van der Waals surface area contributed by atoms with Gasteiger partial charge in [-0.05, 0) is 101 Å². The maximum Gasteiger partial charge on any atom is 0.264 e. The van der Waals surface area contributed by atoms with E-state index < -0.39 is 0 Å². The summed E-state index contributed by atoms with van der Waals surface area (Å²) in [7, 11) is 0. The standard InChI is InChI=1S/C34H29N5OS/c1-22-17-24(26-14-16-41-21-26)9-12-30(22)31-18-27-20-36-34(37-28-10-7-23(8-11-28)25-13-15-35-19-25)38-32(27)39(33(31)40)29-5-3-2-4-6-29/h2-12,14,16-18,20-21,25,35H,13,15,19H2,1H3,(H,36,37,38). The van der Waals surface area contributed by atoms with Crippen LogP contribution in [-0.4, -0.2) is 27.6 Å². The van der Waals surface area contributed by atoms with E-state index in [2.05, 4.69) is 75.8 Å². The van der Waals surface area contributed by atoms with Crippen LogP contribution >= 0.6 is 11.3 Å². The molecule has 7 heteroatoms. The summed E-state index contributed by atoms with van der Waals surface area (Å²) in [6, 6.07) is 28.4. The molecule has 0 amide bonds. The molecule has 0 bridgehead atoms. The topological polar surface area (TPSA) is 71.8 Å². The maximum atomic E-state index is 14.2. The third-order valence-electron chi connectivity index (χ3n) is 7.83. The highest BCUT2D eigenvalue weighted by Crippen LogP contribution is 2.30. The van der Waals surface area contributed by atoms with Crippen LogP contribution in [-0.2, 0) is 0 Å². The number of benzene rings is 3. The van der Waals surface area contributed by atoms with E-state index in [4.69, 9.17) is 4.98 Å². The van der Waals surface area contributed by atoms with E-state index in [1.54, 1.807) is 22.1 Å². The molecule has 3 aromatic carbocycles. The summed E-state index contributed by atoms with van der Waals surface area (Å²) >= 11 is 1.68. The highest BCUT2D eigenvalue weighted by Gasteiger charge is 2.18. The second-order valence-electron chi connectivity index (χ2n) is 10.5. The molecule has 1 atom stereocenters. The fourth-order valence-electron chi connectivity index (χ4n) is 5.65. The van der Waals surface area contributed by atoms with Crippen LogP contribution in [0.3, 0.4) is 0 Å². The van der Waals surface area contributed by atoms with Crippen LogP contribution in [0.5, 0.6) is 0 Å². The number of aryl methyl sites for hydroxylation is 1. The Morgan fingerprint density at radius 1 is 0.951 bits per heavy atom. The van der Waals surface area contributed by atoms with E-state index in [1.165, 1.54) is 11.1 Å². The number of hydrogen-bond donors (Lipinski definition) is 2. The van der Waals surface area contributed by atoms with Crippen LogP contribution in [0.4, 0.5) is 11.6 Å². The van der Waals surface area contributed by atoms with Gasteiger partial charge in [0.1, 0.15) is 0 Å². The van der Waals surface area contributed by atoms with Crippen molar-refractivity contribution in [3.63, 3.8) is 0 Å². The Balaban J connectivity index is 1.30. The molecule has 4 heterocycles. The maximum absolute atomic E-state index is 14.2. The first-order chi connectivity index (χ1) is 20.1. The molecule has 3 aromatic heterocycles. The molecule has 6 nitrogen and oxygen atoms in total. The zero-order valence-electron chi connectivity index (χ0n) is 22.7. The second-order valence-corrected chi connectivity index (χ2v) is 11.3. The molecule has 1 aliphatic heterocycles. The molecule has 0 radical (unpaired) electrons. The normalized spacial score (nSPS) is 14.9. The Bertz CT molecular complexity index is 1890. The molecule has 1 fully saturated rings. The average molecular weight is 556 g/mol. The van der Waals surface area contributed by atoms with Crippen LogP contribution in [0.2, 0.25) is 0 Å². The van der Waals surface area contributed by atoms with Crippen LogP contribution in [0, 0.1) is 6.92 Å². The van der Waals surface area contributed by atoms with Gasteiger partial charge in [0.15, 0.2) is 5.65 Å². The minimum absolute atomic E-state index is 0.116. The minimum Gasteiger partial charge on any atom is -0.324 e. The lowest BCUT2D eigenvalue weighted by Crippen LogP contribution is -2.22. The number of para-hydroxylation sites is 1. The Labute approximate surface area is 242 Å². The summed E-state index contributed by atoms with van der Waals surface area (Å²) < 4.78 is 1.69. The molecule has 2 N–H and O–H groups in total. The van der Waals surface area contributed by atoms with Crippen LogP contribution in [0.1, 0.15) is 23.5 Å². The highest BCUT2D eigenvalue weighted by atomic mass is 32.1. The van der Waals surface area contributed by atoms with E-state index in [9.17, 15) is 4.79 Å². The van der Waals surface area contributed by atoms with Gasteiger partial charge in [-0.2, -0.15) is 16.3 Å². The lowest BCUT2D eigenvalue weighted by atomic mass is 9.97. The number of nitrogens with zero attached hydrogens (tertiary/aromatic N) is 3. The predicted octanol–water partition coefficient (Wildman–Crippen LogP) is 7.31. The van der Waals surface area contributed by atoms with Crippen molar-refractivity contribution in [2.24, 2.45) is 0 Å². The molecular weight excluding hydrogens is 526 g/mol. The van der Waals surface area contributed by atoms with Crippen molar-refractivity contribution in [2.75, 3.05) is 18.4 Å². The summed E-state index contributed by atoms with van der Waals surface area (Å²) in [6.45, 7) is 4.15. The molecule has 1 saturated heterocycles. The highest BCUT2D eigenvalue weighted by molar-refractivity contribution is 7.08. The van der Waals surface area contributed by atoms with E-state index in [1.807, 2.05) is 42.5 Å². The molecule has 202 valence electrons. The van der Waals surface area contributed by atoms with Crippen molar-refractivity contribution in [3.05, 3.63) is 123 Å². The number of rotatable bonds is 6. The predicted molar refractivity (Wildman–Crippen MR) is 169 cm³/mol. The van der Waals surface area contributed by atoms with Gasteiger partial charge in [0, 0.05) is 29.4 Å². The molecule has 0 aliphatic carbocycles. The molecule has 0 saturated carbocycles. The van der Waals surface area contributed by atoms with E-state index >= 15 is 0 Å². The minimum atomic E-state index is -0.116. The fourth-order valence-corrected chi connectivity index (χ4v) is 6.31. The molecule has 7 rings (SSSR count). The first-order valence-electron chi connectivity index (χ1n) is 13.8. The number of nitrogens with one attached hydrogen (secondary N) is 2. The smallest absolute Gasteiger partial charge is 0.264 e. The molecule has 1 aliphatic rings. The number of hydrogen-bond acceptors (Lipinski definition) is 6. The lowest BCUT2D eigenvalue weighted by Gasteiger charge is -2.15. The largest absolute Gasteiger partial charge is 0.324 e. The number of aromatic nitrogens is 3. The molecule has 6 aromatic rings. The third kappa shape index (κ3) is 4.94. The van der Waals surface area contributed by atoms with Gasteiger partial charge in [0.2, 0.25) is 5.95 Å². The number of anilines is 2. The summed E-state index contributed by atoms with van der Waals surface area (Å²) in [5, 5.41) is 11.8. The third-order valence-corrected chi connectivity index (χ3v) is 8.51. The lowest BCUT2D eigenvalue weighted by molar-refractivity contribution is 0.763. The Morgan fingerprint density at radius 3 is 2.54 bits per heavy atom. The summed E-state index contributed by atoms with van der Waals surface area (Å²) in [4.78, 5) is 23.6. The van der Waals surface area contributed by atoms with Crippen LogP contribution in [0.25, 0.3) is 39.0 Å². The molecule has 41 heavy (non-hydrogen) atoms. The Hall–Kier alpha value is -4.59. The van der Waals surface area contributed by atoms with Gasteiger partial charge in [0.05, 0.1) is 5.69 Å². The van der Waals surface area contributed by atoms with Crippen molar-refractivity contribution < 1.29 is 0 Å². The van der Waals surface area contributed by atoms with Gasteiger partial charge in [-0.15, -0.1) is 0 Å². The van der Waals surface area contributed by atoms with Gasteiger partial charge in [-0.3, -0.25) is 9.36 Å². The van der Waals surface area contributed by atoms with Crippen LogP contribution in [0.15, 0.2) is 107 Å². The first kappa shape index (κ1) is 25.4. The fraction of sp³-hybridized carbons (Fsp3) is 0.147. The van der Waals surface area contributed by atoms with Crippen molar-refractivity contribution in [1.82, 2.24) is 19.9 Å². The van der Waals surface area contributed by atoms with E-state index in [0.717, 1.165) is 53.0 Å². The molecule has 1 unspecified atom stereocenters. The van der Waals surface area contributed by atoms with Crippen molar-refractivity contribution in [3.8, 4) is 27.9 Å². The Morgan fingerprint density at radius 2 is 1.80 bits per heavy atom. The van der Waals surface area contributed by atoms with Gasteiger partial charge in [-0.25, -0.2) is 4.98 Å². The molecule has 0 spiro atoms. The first-order valence-corrected chi connectivity index (χ1v) is 14.8. The summed E-state index contributed by atoms with van der Waals surface area (Å²) in [5.74, 6) is 1.01. The number of pyridine rings is 1.